The number of ether oxygens (including phenoxy) is 1. The smallest absolute Gasteiger partial charge is 0.231 e. The summed E-state index contributed by atoms with van der Waals surface area (Å²) in [7, 11) is 0. The van der Waals surface area contributed by atoms with Crippen molar-refractivity contribution in [2.75, 3.05) is 19.7 Å². The van der Waals surface area contributed by atoms with E-state index in [0.29, 0.717) is 19.7 Å². The molecule has 1 amide bonds. The van der Waals surface area contributed by atoms with E-state index in [1.54, 1.807) is 12.1 Å². The van der Waals surface area contributed by atoms with Crippen LogP contribution in [0, 0.1) is 5.82 Å². The van der Waals surface area contributed by atoms with E-state index < -0.39 is 0 Å². The monoisotopic (exact) mass is 224 g/mol. The van der Waals surface area contributed by atoms with Gasteiger partial charge in [0.05, 0.1) is 6.54 Å². The lowest BCUT2D eigenvalue weighted by molar-refractivity contribution is -0.119. The van der Waals surface area contributed by atoms with Crippen LogP contribution in [0.5, 0.6) is 5.75 Å². The average molecular weight is 224 g/mol. The van der Waals surface area contributed by atoms with E-state index in [4.69, 9.17) is 10.5 Å². The number of carbonyl (C=O) groups is 1. The molecule has 1 heterocycles. The molecule has 5 heteroatoms. The van der Waals surface area contributed by atoms with Gasteiger partial charge in [-0.2, -0.15) is 0 Å². The van der Waals surface area contributed by atoms with Crippen LogP contribution in [0.25, 0.3) is 0 Å². The molecule has 1 aliphatic heterocycles. The Morgan fingerprint density at radius 2 is 2.38 bits per heavy atom. The minimum absolute atomic E-state index is 0.166. The second kappa shape index (κ2) is 4.49. The lowest BCUT2D eigenvalue weighted by Crippen LogP contribution is -2.34. The first-order valence-corrected chi connectivity index (χ1v) is 5.07. The fourth-order valence-electron chi connectivity index (χ4n) is 1.79. The van der Waals surface area contributed by atoms with Crippen molar-refractivity contribution in [2.45, 2.75) is 6.54 Å². The molecule has 1 aliphatic rings. The molecule has 1 aromatic carbocycles. The van der Waals surface area contributed by atoms with Crippen molar-refractivity contribution < 1.29 is 13.9 Å². The van der Waals surface area contributed by atoms with Crippen LogP contribution in [0.2, 0.25) is 0 Å². The summed E-state index contributed by atoms with van der Waals surface area (Å²) >= 11 is 0. The van der Waals surface area contributed by atoms with Gasteiger partial charge in [-0.3, -0.25) is 9.69 Å². The van der Waals surface area contributed by atoms with Gasteiger partial charge in [0.2, 0.25) is 5.91 Å². The number of primary amides is 1. The molecule has 16 heavy (non-hydrogen) atoms. The number of benzene rings is 1. The number of hydrogen-bond acceptors (Lipinski definition) is 3. The van der Waals surface area contributed by atoms with E-state index in [0.717, 1.165) is 5.56 Å². The van der Waals surface area contributed by atoms with Gasteiger partial charge >= 0.3 is 0 Å². The summed E-state index contributed by atoms with van der Waals surface area (Å²) in [5.74, 6) is -0.465. The van der Waals surface area contributed by atoms with Crippen molar-refractivity contribution in [3.05, 3.63) is 29.6 Å². The third-order valence-corrected chi connectivity index (χ3v) is 2.48. The molecule has 0 spiro atoms. The number of carbonyl (C=O) groups excluding carboxylic acids is 1. The molecule has 1 aromatic rings. The molecule has 0 bridgehead atoms. The number of amides is 1. The maximum Gasteiger partial charge on any atom is 0.231 e. The molecule has 2 N–H and O–H groups in total. The minimum Gasteiger partial charge on any atom is -0.489 e. The van der Waals surface area contributed by atoms with Gasteiger partial charge in [-0.15, -0.1) is 0 Å². The molecule has 0 unspecified atom stereocenters. The highest BCUT2D eigenvalue weighted by atomic mass is 19.1. The number of fused-ring (bicyclic) bond motifs is 1. The predicted octanol–water partition coefficient (Wildman–Crippen LogP) is 0.505. The second-order valence-electron chi connectivity index (χ2n) is 3.75. The molecule has 0 atom stereocenters. The zero-order valence-corrected chi connectivity index (χ0v) is 8.78. The van der Waals surface area contributed by atoms with Gasteiger partial charge in [-0.25, -0.2) is 4.39 Å². The van der Waals surface area contributed by atoms with Crippen LogP contribution in [-0.2, 0) is 11.3 Å². The van der Waals surface area contributed by atoms with E-state index in [1.165, 1.54) is 6.07 Å². The van der Waals surface area contributed by atoms with E-state index in [9.17, 15) is 9.18 Å². The number of nitrogens with zero attached hydrogens (tertiary/aromatic N) is 1. The molecule has 4 nitrogen and oxygen atoms in total. The van der Waals surface area contributed by atoms with Crippen molar-refractivity contribution >= 4 is 5.91 Å². The fourth-order valence-corrected chi connectivity index (χ4v) is 1.79. The van der Waals surface area contributed by atoms with Gasteiger partial charge in [0.1, 0.15) is 6.61 Å². The van der Waals surface area contributed by atoms with E-state index >= 15 is 0 Å². The average Bonchev–Trinajstić information content (AvgIpc) is 2.39. The highest BCUT2D eigenvalue weighted by Gasteiger charge is 2.18. The Morgan fingerprint density at radius 3 is 3.12 bits per heavy atom. The number of nitrogens with two attached hydrogens (primary N) is 1. The Morgan fingerprint density at radius 1 is 1.56 bits per heavy atom. The van der Waals surface area contributed by atoms with E-state index in [2.05, 4.69) is 0 Å². The molecular weight excluding hydrogens is 211 g/mol. The fraction of sp³-hybridized carbons (Fsp3) is 0.364. The van der Waals surface area contributed by atoms with Crippen molar-refractivity contribution in [1.82, 2.24) is 4.90 Å². The highest BCUT2D eigenvalue weighted by molar-refractivity contribution is 5.75. The third kappa shape index (κ3) is 2.30. The molecule has 0 aliphatic carbocycles. The number of rotatable bonds is 2. The highest BCUT2D eigenvalue weighted by Crippen LogP contribution is 2.25. The number of hydrogen-bond donors (Lipinski definition) is 1. The Balaban J connectivity index is 2.21. The summed E-state index contributed by atoms with van der Waals surface area (Å²) in [6.45, 7) is 1.58. The van der Waals surface area contributed by atoms with E-state index in [1.807, 2.05) is 4.90 Å². The quantitative estimate of drug-likeness (QED) is 0.796. The Labute approximate surface area is 92.8 Å². The van der Waals surface area contributed by atoms with Crippen LogP contribution in [0.4, 0.5) is 4.39 Å². The molecule has 0 fully saturated rings. The molecule has 0 saturated heterocycles. The zero-order valence-electron chi connectivity index (χ0n) is 8.78. The first kappa shape index (κ1) is 10.9. The standard InChI is InChI=1S/C11H13FN2O2/c12-9-3-1-2-8-6-14(7-10(13)15)4-5-16-11(8)9/h1-3H,4-7H2,(H2,13,15). The Kier molecular flexibility index (Phi) is 3.05. The summed E-state index contributed by atoms with van der Waals surface area (Å²) in [6.07, 6.45) is 0. The van der Waals surface area contributed by atoms with E-state index in [-0.39, 0.29) is 24.0 Å². The Bertz CT molecular complexity index is 409. The number of para-hydroxylation sites is 1. The van der Waals surface area contributed by atoms with Crippen molar-refractivity contribution in [1.29, 1.82) is 0 Å². The van der Waals surface area contributed by atoms with Gasteiger partial charge in [0, 0.05) is 18.7 Å². The van der Waals surface area contributed by atoms with Crippen LogP contribution in [0.15, 0.2) is 18.2 Å². The summed E-state index contributed by atoms with van der Waals surface area (Å²) < 4.78 is 18.7. The largest absolute Gasteiger partial charge is 0.489 e. The van der Waals surface area contributed by atoms with Gasteiger partial charge in [-0.1, -0.05) is 12.1 Å². The summed E-state index contributed by atoms with van der Waals surface area (Å²) in [5, 5.41) is 0. The van der Waals surface area contributed by atoms with Gasteiger partial charge < -0.3 is 10.5 Å². The minimum atomic E-state index is -0.389. The van der Waals surface area contributed by atoms with Crippen LogP contribution in [0.3, 0.4) is 0 Å². The lowest BCUT2D eigenvalue weighted by atomic mass is 10.2. The molecule has 86 valence electrons. The van der Waals surface area contributed by atoms with Gasteiger partial charge in [-0.05, 0) is 6.07 Å². The van der Waals surface area contributed by atoms with Crippen LogP contribution < -0.4 is 10.5 Å². The van der Waals surface area contributed by atoms with Gasteiger partial charge in [0.25, 0.3) is 0 Å². The molecule has 0 aromatic heterocycles. The predicted molar refractivity (Wildman–Crippen MR) is 56.4 cm³/mol. The Hall–Kier alpha value is -1.62. The first-order chi connectivity index (χ1) is 7.66. The second-order valence-corrected chi connectivity index (χ2v) is 3.75. The summed E-state index contributed by atoms with van der Waals surface area (Å²) in [6, 6.07) is 4.78. The molecule has 0 saturated carbocycles. The van der Waals surface area contributed by atoms with Crippen LogP contribution >= 0.6 is 0 Å². The van der Waals surface area contributed by atoms with Gasteiger partial charge in [0.15, 0.2) is 11.6 Å². The van der Waals surface area contributed by atoms with Crippen molar-refractivity contribution in [2.24, 2.45) is 5.73 Å². The summed E-state index contributed by atoms with van der Waals surface area (Å²) in [5.41, 5.74) is 5.88. The maximum absolute atomic E-state index is 13.4. The first-order valence-electron chi connectivity index (χ1n) is 5.07. The number of halogens is 1. The molecule has 0 radical (unpaired) electrons. The normalized spacial score (nSPS) is 16.1. The molecular formula is C11H13FN2O2. The SMILES string of the molecule is NC(=O)CN1CCOc2c(F)cccc2C1. The zero-order chi connectivity index (χ0) is 11.5. The maximum atomic E-state index is 13.4. The topological polar surface area (TPSA) is 55.6 Å². The van der Waals surface area contributed by atoms with Crippen LogP contribution in [-0.4, -0.2) is 30.5 Å². The van der Waals surface area contributed by atoms with Crippen molar-refractivity contribution in [3.63, 3.8) is 0 Å². The van der Waals surface area contributed by atoms with Crippen LogP contribution in [0.1, 0.15) is 5.56 Å². The third-order valence-electron chi connectivity index (χ3n) is 2.48. The lowest BCUT2D eigenvalue weighted by Gasteiger charge is -2.16. The molecule has 2 rings (SSSR count). The summed E-state index contributed by atoms with van der Waals surface area (Å²) in [4.78, 5) is 12.7. The van der Waals surface area contributed by atoms with Crippen molar-refractivity contribution in [3.8, 4) is 5.75 Å².